The van der Waals surface area contributed by atoms with E-state index in [1.807, 2.05) is 4.90 Å². The van der Waals surface area contributed by atoms with E-state index >= 15 is 0 Å². The summed E-state index contributed by atoms with van der Waals surface area (Å²) in [5.41, 5.74) is 0.632. The third-order valence-electron chi connectivity index (χ3n) is 5.24. The summed E-state index contributed by atoms with van der Waals surface area (Å²) in [6.07, 6.45) is -4.48. The number of hydrogen-bond acceptors (Lipinski definition) is 3. The van der Waals surface area contributed by atoms with Crippen molar-refractivity contribution in [3.8, 4) is 0 Å². The largest absolute Gasteiger partial charge is 0.416 e. The molecule has 0 radical (unpaired) electrons. The molecule has 1 fully saturated rings. The Morgan fingerprint density at radius 3 is 2.32 bits per heavy atom. The monoisotopic (exact) mass is 437 g/mol. The normalized spacial score (nSPS) is 17.3. The zero-order valence-electron chi connectivity index (χ0n) is 17.0. The van der Waals surface area contributed by atoms with Gasteiger partial charge in [0, 0.05) is 33.2 Å². The summed E-state index contributed by atoms with van der Waals surface area (Å²) < 4.78 is 51.2. The molecule has 1 unspecified atom stereocenters. The molecule has 1 N–H and O–H groups in total. The number of carbonyl (C=O) groups excluding carboxylic acids is 2. The number of carbonyl (C=O) groups is 2. The molecule has 1 aliphatic heterocycles. The highest BCUT2D eigenvalue weighted by Gasteiger charge is 2.33. The van der Waals surface area contributed by atoms with Gasteiger partial charge in [-0.15, -0.1) is 0 Å². The van der Waals surface area contributed by atoms with Crippen molar-refractivity contribution in [1.29, 1.82) is 0 Å². The number of benzene rings is 2. The van der Waals surface area contributed by atoms with Gasteiger partial charge < -0.3 is 10.2 Å². The van der Waals surface area contributed by atoms with Crippen LogP contribution in [0, 0.1) is 5.82 Å². The first-order chi connectivity index (χ1) is 14.6. The van der Waals surface area contributed by atoms with Gasteiger partial charge in [0.25, 0.3) is 0 Å². The average molecular weight is 437 g/mol. The highest BCUT2D eigenvalue weighted by molar-refractivity contribution is 5.88. The summed E-state index contributed by atoms with van der Waals surface area (Å²) in [7, 11) is 1.55. The number of alkyl halides is 3. The molecule has 0 aliphatic carbocycles. The maximum Gasteiger partial charge on any atom is 0.416 e. The van der Waals surface area contributed by atoms with E-state index in [1.54, 1.807) is 19.2 Å². The fraction of sp³-hybridized carbons (Fsp3) is 0.364. The van der Waals surface area contributed by atoms with Gasteiger partial charge in [0.15, 0.2) is 0 Å². The lowest BCUT2D eigenvalue weighted by atomic mass is 10.1. The Hall–Kier alpha value is -2.94. The zero-order chi connectivity index (χ0) is 22.6. The van der Waals surface area contributed by atoms with Crippen LogP contribution in [0.3, 0.4) is 0 Å². The molecule has 9 heteroatoms. The summed E-state index contributed by atoms with van der Waals surface area (Å²) in [6.45, 7) is 1.52. The van der Waals surface area contributed by atoms with Crippen LogP contribution in [0.2, 0.25) is 0 Å². The van der Waals surface area contributed by atoms with E-state index in [4.69, 9.17) is 0 Å². The van der Waals surface area contributed by atoms with Crippen molar-refractivity contribution in [2.45, 2.75) is 31.7 Å². The molecule has 0 saturated carbocycles. The van der Waals surface area contributed by atoms with Crippen molar-refractivity contribution in [3.05, 3.63) is 71.0 Å². The zero-order valence-corrected chi connectivity index (χ0v) is 17.0. The van der Waals surface area contributed by atoms with Crippen molar-refractivity contribution >= 4 is 11.8 Å². The lowest BCUT2D eigenvalue weighted by molar-refractivity contribution is -0.138. The molecule has 3 rings (SSSR count). The summed E-state index contributed by atoms with van der Waals surface area (Å²) in [4.78, 5) is 28.4. The topological polar surface area (TPSA) is 52.7 Å². The number of nitrogens with zero attached hydrogens (tertiary/aromatic N) is 2. The van der Waals surface area contributed by atoms with Crippen LogP contribution < -0.4 is 5.32 Å². The molecule has 1 atom stereocenters. The number of amides is 2. The maximum absolute atomic E-state index is 13.1. The van der Waals surface area contributed by atoms with Gasteiger partial charge in [-0.2, -0.15) is 13.2 Å². The highest BCUT2D eigenvalue weighted by Crippen LogP contribution is 2.29. The second-order valence-electron chi connectivity index (χ2n) is 7.55. The van der Waals surface area contributed by atoms with Crippen LogP contribution >= 0.6 is 0 Å². The Morgan fingerprint density at radius 2 is 1.71 bits per heavy atom. The number of halogens is 4. The maximum atomic E-state index is 13.1. The van der Waals surface area contributed by atoms with Crippen LogP contribution in [0.25, 0.3) is 0 Å². The predicted molar refractivity (Wildman–Crippen MR) is 106 cm³/mol. The first-order valence-corrected chi connectivity index (χ1v) is 9.80. The van der Waals surface area contributed by atoms with Gasteiger partial charge >= 0.3 is 6.18 Å². The minimum absolute atomic E-state index is 0.0653. The van der Waals surface area contributed by atoms with Gasteiger partial charge in [-0.3, -0.25) is 14.5 Å². The molecule has 0 aromatic heterocycles. The summed E-state index contributed by atoms with van der Waals surface area (Å²) in [6, 6.07) is 9.91. The summed E-state index contributed by atoms with van der Waals surface area (Å²) >= 11 is 0. The molecule has 1 saturated heterocycles. The molecule has 166 valence electrons. The van der Waals surface area contributed by atoms with Gasteiger partial charge in [-0.05, 0) is 35.4 Å². The molecule has 1 heterocycles. The van der Waals surface area contributed by atoms with Gasteiger partial charge in [0.1, 0.15) is 5.82 Å². The molecule has 2 aromatic carbocycles. The SMILES string of the molecule is CN(Cc1ccc(C(F)(F)F)cc1)C(=O)CC1C(=O)NCCN1Cc1ccc(F)cc1. The lowest BCUT2D eigenvalue weighted by Crippen LogP contribution is -2.56. The Labute approximate surface area is 177 Å². The second kappa shape index (κ2) is 9.47. The van der Waals surface area contributed by atoms with Crippen LogP contribution in [0.5, 0.6) is 0 Å². The van der Waals surface area contributed by atoms with E-state index in [9.17, 15) is 27.2 Å². The molecule has 31 heavy (non-hydrogen) atoms. The molecule has 2 amide bonds. The molecule has 5 nitrogen and oxygen atoms in total. The van der Waals surface area contributed by atoms with E-state index in [1.165, 1.54) is 29.2 Å². The number of nitrogens with one attached hydrogen (secondary N) is 1. The third kappa shape index (κ3) is 6.04. The Kier molecular flexibility index (Phi) is 6.94. The third-order valence-corrected chi connectivity index (χ3v) is 5.24. The molecule has 0 spiro atoms. The molecular weight excluding hydrogens is 414 g/mol. The fourth-order valence-corrected chi connectivity index (χ4v) is 3.48. The van der Waals surface area contributed by atoms with Crippen molar-refractivity contribution in [1.82, 2.24) is 15.1 Å². The molecular formula is C22H23F4N3O2. The van der Waals surface area contributed by atoms with Crippen LogP contribution in [-0.2, 0) is 28.9 Å². The first kappa shape index (κ1) is 22.7. The van der Waals surface area contributed by atoms with E-state index in [-0.39, 0.29) is 30.6 Å². The molecule has 0 bridgehead atoms. The molecule has 1 aliphatic rings. The Bertz CT molecular complexity index is 914. The average Bonchev–Trinajstić information content (AvgIpc) is 2.72. The number of piperazine rings is 1. The Balaban J connectivity index is 1.63. The van der Waals surface area contributed by atoms with E-state index in [0.29, 0.717) is 25.2 Å². The number of rotatable bonds is 6. The fourth-order valence-electron chi connectivity index (χ4n) is 3.48. The predicted octanol–water partition coefficient (Wildman–Crippen LogP) is 3.19. The van der Waals surface area contributed by atoms with E-state index in [2.05, 4.69) is 5.32 Å². The van der Waals surface area contributed by atoms with E-state index in [0.717, 1.165) is 17.7 Å². The minimum Gasteiger partial charge on any atom is -0.353 e. The van der Waals surface area contributed by atoms with Gasteiger partial charge in [-0.1, -0.05) is 24.3 Å². The smallest absolute Gasteiger partial charge is 0.353 e. The van der Waals surface area contributed by atoms with Gasteiger partial charge in [0.2, 0.25) is 11.8 Å². The molecule has 2 aromatic rings. The van der Waals surface area contributed by atoms with Crippen LogP contribution in [0.4, 0.5) is 17.6 Å². The second-order valence-corrected chi connectivity index (χ2v) is 7.55. The number of hydrogen-bond donors (Lipinski definition) is 1. The van der Waals surface area contributed by atoms with Crippen molar-refractivity contribution < 1.29 is 27.2 Å². The Morgan fingerprint density at radius 1 is 1.10 bits per heavy atom. The van der Waals surface area contributed by atoms with Crippen molar-refractivity contribution in [2.75, 3.05) is 20.1 Å². The van der Waals surface area contributed by atoms with Gasteiger partial charge in [-0.25, -0.2) is 4.39 Å². The van der Waals surface area contributed by atoms with Gasteiger partial charge in [0.05, 0.1) is 18.0 Å². The van der Waals surface area contributed by atoms with Crippen LogP contribution in [-0.4, -0.2) is 47.8 Å². The minimum atomic E-state index is -4.41. The summed E-state index contributed by atoms with van der Waals surface area (Å²) in [5, 5.41) is 2.75. The lowest BCUT2D eigenvalue weighted by Gasteiger charge is -2.35. The van der Waals surface area contributed by atoms with Crippen molar-refractivity contribution in [3.63, 3.8) is 0 Å². The standard InChI is InChI=1S/C22H23F4N3O2/c1-28(13-15-2-6-17(7-3-15)22(24,25)26)20(30)12-19-21(31)27-10-11-29(19)14-16-4-8-18(23)9-5-16/h2-9,19H,10-14H2,1H3,(H,27,31). The summed E-state index contributed by atoms with van der Waals surface area (Å²) in [5.74, 6) is -0.910. The first-order valence-electron chi connectivity index (χ1n) is 9.80. The van der Waals surface area contributed by atoms with Crippen molar-refractivity contribution in [2.24, 2.45) is 0 Å². The van der Waals surface area contributed by atoms with Crippen LogP contribution in [0.1, 0.15) is 23.1 Å². The van der Waals surface area contributed by atoms with Crippen LogP contribution in [0.15, 0.2) is 48.5 Å². The quantitative estimate of drug-likeness (QED) is 0.707. The van der Waals surface area contributed by atoms with E-state index < -0.39 is 17.8 Å². The highest BCUT2D eigenvalue weighted by atomic mass is 19.4.